The highest BCUT2D eigenvalue weighted by Crippen LogP contribution is 2.04. The number of benzene rings is 1. The van der Waals surface area contributed by atoms with E-state index in [1.54, 1.807) is 12.1 Å². The first kappa shape index (κ1) is 10.2. The number of para-hydroxylation sites is 1. The van der Waals surface area contributed by atoms with Crippen molar-refractivity contribution in [1.29, 1.82) is 0 Å². The van der Waals surface area contributed by atoms with Crippen LogP contribution in [-0.2, 0) is 9.59 Å². The van der Waals surface area contributed by atoms with Crippen LogP contribution < -0.4 is 10.6 Å². The van der Waals surface area contributed by atoms with E-state index in [1.165, 1.54) is 7.05 Å². The number of hydrogen-bond donors (Lipinski definition) is 2. The molecule has 0 bridgehead atoms. The molecule has 0 spiro atoms. The van der Waals surface area contributed by atoms with Gasteiger partial charge >= 0.3 is 0 Å². The second-order valence-electron chi connectivity index (χ2n) is 2.76. The van der Waals surface area contributed by atoms with Crippen LogP contribution in [0.2, 0.25) is 0 Å². The van der Waals surface area contributed by atoms with Gasteiger partial charge in [-0.1, -0.05) is 18.2 Å². The Morgan fingerprint density at radius 1 is 1.14 bits per heavy atom. The number of amides is 2. The third-order valence-electron chi connectivity index (χ3n) is 1.66. The lowest BCUT2D eigenvalue weighted by Gasteiger charge is -2.03. The minimum atomic E-state index is -0.310. The minimum absolute atomic E-state index is 0.147. The summed E-state index contributed by atoms with van der Waals surface area (Å²) in [6, 6.07) is 9.02. The molecule has 0 saturated heterocycles. The number of hydrogen-bond acceptors (Lipinski definition) is 2. The average Bonchev–Trinajstić information content (AvgIpc) is 2.19. The lowest BCUT2D eigenvalue weighted by molar-refractivity contribution is -0.126. The molecule has 0 aliphatic heterocycles. The van der Waals surface area contributed by atoms with Gasteiger partial charge in [0.1, 0.15) is 6.42 Å². The Balaban J connectivity index is 2.46. The molecule has 74 valence electrons. The highest BCUT2D eigenvalue weighted by atomic mass is 16.2. The van der Waals surface area contributed by atoms with Gasteiger partial charge in [0, 0.05) is 12.7 Å². The van der Waals surface area contributed by atoms with Crippen molar-refractivity contribution in [3.8, 4) is 0 Å². The van der Waals surface area contributed by atoms with E-state index in [9.17, 15) is 9.59 Å². The third kappa shape index (κ3) is 3.26. The van der Waals surface area contributed by atoms with Gasteiger partial charge in [0.25, 0.3) is 0 Å². The molecule has 1 aromatic carbocycles. The van der Waals surface area contributed by atoms with E-state index in [4.69, 9.17) is 0 Å². The van der Waals surface area contributed by atoms with Gasteiger partial charge in [0.05, 0.1) is 0 Å². The molecule has 2 N–H and O–H groups in total. The topological polar surface area (TPSA) is 58.2 Å². The summed E-state index contributed by atoms with van der Waals surface area (Å²) in [5.41, 5.74) is 0.696. The summed E-state index contributed by atoms with van der Waals surface area (Å²) < 4.78 is 0. The summed E-state index contributed by atoms with van der Waals surface area (Å²) in [4.78, 5) is 22.1. The van der Waals surface area contributed by atoms with Gasteiger partial charge < -0.3 is 10.6 Å². The van der Waals surface area contributed by atoms with E-state index in [0.717, 1.165) is 0 Å². The quantitative estimate of drug-likeness (QED) is 0.695. The summed E-state index contributed by atoms with van der Waals surface area (Å²) in [7, 11) is 1.50. The summed E-state index contributed by atoms with van der Waals surface area (Å²) in [6.07, 6.45) is -0.147. The lowest BCUT2D eigenvalue weighted by Crippen LogP contribution is -2.24. The Labute approximate surface area is 82.3 Å². The molecule has 2 amide bonds. The monoisotopic (exact) mass is 192 g/mol. The zero-order chi connectivity index (χ0) is 10.4. The van der Waals surface area contributed by atoms with Crippen molar-refractivity contribution in [2.45, 2.75) is 6.42 Å². The van der Waals surface area contributed by atoms with Crippen LogP contribution in [0.15, 0.2) is 30.3 Å². The van der Waals surface area contributed by atoms with Gasteiger partial charge in [0.15, 0.2) is 0 Å². The molecule has 0 aliphatic carbocycles. The maximum absolute atomic E-state index is 11.2. The molecular formula is C10H12N2O2. The van der Waals surface area contributed by atoms with Crippen LogP contribution in [0, 0.1) is 0 Å². The fraction of sp³-hybridized carbons (Fsp3) is 0.200. The highest BCUT2D eigenvalue weighted by Gasteiger charge is 2.06. The maximum atomic E-state index is 11.2. The van der Waals surface area contributed by atoms with E-state index in [1.807, 2.05) is 18.2 Å². The first-order chi connectivity index (χ1) is 6.72. The van der Waals surface area contributed by atoms with E-state index in [-0.39, 0.29) is 18.2 Å². The van der Waals surface area contributed by atoms with Crippen LogP contribution in [-0.4, -0.2) is 18.9 Å². The molecule has 14 heavy (non-hydrogen) atoms. The van der Waals surface area contributed by atoms with Crippen LogP contribution in [0.4, 0.5) is 5.69 Å². The summed E-state index contributed by atoms with van der Waals surface area (Å²) >= 11 is 0. The summed E-state index contributed by atoms with van der Waals surface area (Å²) in [5.74, 6) is -0.603. The van der Waals surface area contributed by atoms with Crippen molar-refractivity contribution >= 4 is 17.5 Å². The molecule has 0 atom stereocenters. The van der Waals surface area contributed by atoms with E-state index < -0.39 is 0 Å². The van der Waals surface area contributed by atoms with Crippen molar-refractivity contribution < 1.29 is 9.59 Å². The van der Waals surface area contributed by atoms with Crippen LogP contribution >= 0.6 is 0 Å². The number of carbonyl (C=O) groups excluding carboxylic acids is 2. The van der Waals surface area contributed by atoms with Crippen LogP contribution in [0.25, 0.3) is 0 Å². The zero-order valence-electron chi connectivity index (χ0n) is 7.91. The average molecular weight is 192 g/mol. The fourth-order valence-corrected chi connectivity index (χ4v) is 0.961. The second kappa shape index (κ2) is 5.01. The molecule has 0 fully saturated rings. The SMILES string of the molecule is CNC(=O)CC(=O)Nc1ccccc1. The summed E-state index contributed by atoms with van der Waals surface area (Å²) in [5, 5.41) is 4.99. The predicted molar refractivity (Wildman–Crippen MR) is 53.8 cm³/mol. The second-order valence-corrected chi connectivity index (χ2v) is 2.76. The molecule has 0 aromatic heterocycles. The fourth-order valence-electron chi connectivity index (χ4n) is 0.961. The number of rotatable bonds is 3. The standard InChI is InChI=1S/C10H12N2O2/c1-11-9(13)7-10(14)12-8-5-3-2-4-6-8/h2-6H,7H2,1H3,(H,11,13)(H,12,14). The van der Waals surface area contributed by atoms with Crippen molar-refractivity contribution in [3.63, 3.8) is 0 Å². The van der Waals surface area contributed by atoms with Crippen molar-refractivity contribution in [2.24, 2.45) is 0 Å². The van der Waals surface area contributed by atoms with Gasteiger partial charge in [-0.15, -0.1) is 0 Å². The Hall–Kier alpha value is -1.84. The van der Waals surface area contributed by atoms with Crippen LogP contribution in [0.3, 0.4) is 0 Å². The molecule has 1 rings (SSSR count). The Morgan fingerprint density at radius 2 is 1.79 bits per heavy atom. The molecule has 4 nitrogen and oxygen atoms in total. The van der Waals surface area contributed by atoms with Gasteiger partial charge in [0.2, 0.25) is 11.8 Å². The normalized spacial score (nSPS) is 9.21. The van der Waals surface area contributed by atoms with Gasteiger partial charge in [-0.3, -0.25) is 9.59 Å². The van der Waals surface area contributed by atoms with Crippen LogP contribution in [0.1, 0.15) is 6.42 Å². The Morgan fingerprint density at radius 3 is 2.36 bits per heavy atom. The molecule has 0 unspecified atom stereocenters. The molecule has 0 aliphatic rings. The first-order valence-electron chi connectivity index (χ1n) is 4.28. The number of nitrogens with one attached hydrogen (secondary N) is 2. The molecule has 0 heterocycles. The largest absolute Gasteiger partial charge is 0.359 e. The van der Waals surface area contributed by atoms with Crippen LogP contribution in [0.5, 0.6) is 0 Å². The van der Waals surface area contributed by atoms with E-state index >= 15 is 0 Å². The molecule has 0 saturated carbocycles. The molecule has 1 aromatic rings. The zero-order valence-corrected chi connectivity index (χ0v) is 7.91. The molecule has 0 radical (unpaired) electrons. The predicted octanol–water partition coefficient (Wildman–Crippen LogP) is 0.761. The highest BCUT2D eigenvalue weighted by molar-refractivity contribution is 6.03. The van der Waals surface area contributed by atoms with Crippen molar-refractivity contribution in [1.82, 2.24) is 5.32 Å². The molecule has 4 heteroatoms. The number of anilines is 1. The molecular weight excluding hydrogens is 180 g/mol. The lowest BCUT2D eigenvalue weighted by atomic mass is 10.3. The van der Waals surface area contributed by atoms with Gasteiger partial charge in [-0.05, 0) is 12.1 Å². The first-order valence-corrected chi connectivity index (χ1v) is 4.28. The minimum Gasteiger partial charge on any atom is -0.359 e. The smallest absolute Gasteiger partial charge is 0.233 e. The number of carbonyl (C=O) groups is 2. The maximum Gasteiger partial charge on any atom is 0.233 e. The Bertz CT molecular complexity index is 322. The third-order valence-corrected chi connectivity index (χ3v) is 1.66. The van der Waals surface area contributed by atoms with E-state index in [0.29, 0.717) is 5.69 Å². The van der Waals surface area contributed by atoms with Gasteiger partial charge in [-0.2, -0.15) is 0 Å². The van der Waals surface area contributed by atoms with E-state index in [2.05, 4.69) is 10.6 Å². The Kier molecular flexibility index (Phi) is 3.67. The van der Waals surface area contributed by atoms with Crippen molar-refractivity contribution in [2.75, 3.05) is 12.4 Å². The van der Waals surface area contributed by atoms with Crippen molar-refractivity contribution in [3.05, 3.63) is 30.3 Å². The van der Waals surface area contributed by atoms with Gasteiger partial charge in [-0.25, -0.2) is 0 Å². The summed E-state index contributed by atoms with van der Waals surface area (Å²) in [6.45, 7) is 0.